The highest BCUT2D eigenvalue weighted by Crippen LogP contribution is 2.34. The highest BCUT2D eigenvalue weighted by molar-refractivity contribution is 5.80. The summed E-state index contributed by atoms with van der Waals surface area (Å²) in [4.78, 5) is 18.8. The highest BCUT2D eigenvalue weighted by Gasteiger charge is 2.16. The van der Waals surface area contributed by atoms with Gasteiger partial charge in [0.2, 0.25) is 5.91 Å². The van der Waals surface area contributed by atoms with Gasteiger partial charge in [-0.05, 0) is 26.2 Å². The van der Waals surface area contributed by atoms with E-state index in [1.165, 1.54) is 0 Å². The molecule has 2 rings (SSSR count). The fraction of sp³-hybridized carbons (Fsp3) is 0.636. The number of hydrogen-bond acceptors (Lipinski definition) is 5. The summed E-state index contributed by atoms with van der Waals surface area (Å²) >= 11 is 0. The van der Waals surface area contributed by atoms with Crippen molar-refractivity contribution in [3.63, 3.8) is 0 Å². The van der Waals surface area contributed by atoms with Gasteiger partial charge in [0.1, 0.15) is 17.2 Å². The van der Waals surface area contributed by atoms with E-state index in [0.29, 0.717) is 30.2 Å². The first-order valence-corrected chi connectivity index (χ1v) is 10.7. The summed E-state index contributed by atoms with van der Waals surface area (Å²) in [5.74, 6) is 3.02. The fourth-order valence-corrected chi connectivity index (χ4v) is 3.49. The van der Waals surface area contributed by atoms with Crippen LogP contribution in [0.1, 0.15) is 44.6 Å². The minimum Gasteiger partial charge on any atom is -0.496 e. The van der Waals surface area contributed by atoms with Gasteiger partial charge in [0, 0.05) is 44.7 Å². The molecule has 0 aromatic heterocycles. The summed E-state index contributed by atoms with van der Waals surface area (Å²) in [5, 5.41) is 6.61. The van der Waals surface area contributed by atoms with Gasteiger partial charge in [0.15, 0.2) is 5.96 Å². The number of benzene rings is 1. The van der Waals surface area contributed by atoms with Crippen LogP contribution in [-0.2, 0) is 11.3 Å². The normalized spacial score (nSPS) is 14.9. The maximum absolute atomic E-state index is 12.1. The number of nitrogens with one attached hydrogen (secondary N) is 2. The van der Waals surface area contributed by atoms with E-state index < -0.39 is 0 Å². The fourth-order valence-electron chi connectivity index (χ4n) is 3.49. The number of amides is 1. The molecule has 0 atom stereocenters. The van der Waals surface area contributed by atoms with Crippen LogP contribution in [0.15, 0.2) is 17.1 Å². The molecule has 1 fully saturated rings. The number of carbonyl (C=O) groups excluding carboxylic acids is 1. The van der Waals surface area contributed by atoms with Crippen LogP contribution in [0.4, 0.5) is 0 Å². The zero-order valence-corrected chi connectivity index (χ0v) is 18.8. The number of nitrogens with zero attached hydrogens (tertiary/aromatic N) is 2. The van der Waals surface area contributed by atoms with Gasteiger partial charge in [0.05, 0.1) is 33.4 Å². The summed E-state index contributed by atoms with van der Waals surface area (Å²) in [6, 6.07) is 3.65. The van der Waals surface area contributed by atoms with E-state index in [1.807, 2.05) is 24.0 Å². The third-order valence-corrected chi connectivity index (χ3v) is 5.13. The van der Waals surface area contributed by atoms with E-state index in [2.05, 4.69) is 15.6 Å². The van der Waals surface area contributed by atoms with E-state index in [4.69, 9.17) is 14.2 Å². The van der Waals surface area contributed by atoms with E-state index in [0.717, 1.165) is 63.4 Å². The van der Waals surface area contributed by atoms with Crippen molar-refractivity contribution in [1.82, 2.24) is 15.5 Å². The smallest absolute Gasteiger partial charge is 0.222 e. The minimum atomic E-state index is 0.284. The Labute approximate surface area is 180 Å². The van der Waals surface area contributed by atoms with Crippen LogP contribution in [0, 0.1) is 0 Å². The largest absolute Gasteiger partial charge is 0.496 e. The Balaban J connectivity index is 1.96. The second-order valence-electron chi connectivity index (χ2n) is 7.18. The second-order valence-corrected chi connectivity index (χ2v) is 7.18. The van der Waals surface area contributed by atoms with Crippen molar-refractivity contribution >= 4 is 11.9 Å². The van der Waals surface area contributed by atoms with E-state index >= 15 is 0 Å². The molecule has 0 bridgehead atoms. The summed E-state index contributed by atoms with van der Waals surface area (Å²) in [5.41, 5.74) is 0.855. The number of hydrogen-bond donors (Lipinski definition) is 2. The molecule has 0 unspecified atom stereocenters. The van der Waals surface area contributed by atoms with Gasteiger partial charge in [-0.3, -0.25) is 4.79 Å². The third kappa shape index (κ3) is 7.00. The van der Waals surface area contributed by atoms with Crippen LogP contribution in [0.25, 0.3) is 0 Å². The van der Waals surface area contributed by atoms with Crippen LogP contribution < -0.4 is 24.8 Å². The summed E-state index contributed by atoms with van der Waals surface area (Å²) in [7, 11) is 4.85. The molecule has 168 valence electrons. The molecule has 30 heavy (non-hydrogen) atoms. The Hall–Kier alpha value is -2.64. The van der Waals surface area contributed by atoms with Crippen molar-refractivity contribution < 1.29 is 19.0 Å². The van der Waals surface area contributed by atoms with Crippen molar-refractivity contribution in [2.45, 2.75) is 45.6 Å². The molecule has 1 saturated heterocycles. The maximum Gasteiger partial charge on any atom is 0.222 e. The minimum absolute atomic E-state index is 0.284. The lowest BCUT2D eigenvalue weighted by atomic mass is 10.1. The van der Waals surface area contributed by atoms with Crippen LogP contribution in [0.5, 0.6) is 17.2 Å². The Kier molecular flexibility index (Phi) is 10.1. The van der Waals surface area contributed by atoms with Crippen molar-refractivity contribution in [1.29, 1.82) is 0 Å². The zero-order valence-electron chi connectivity index (χ0n) is 18.8. The monoisotopic (exact) mass is 420 g/mol. The van der Waals surface area contributed by atoms with Gasteiger partial charge in [0.25, 0.3) is 0 Å². The summed E-state index contributed by atoms with van der Waals surface area (Å²) < 4.78 is 16.3. The predicted molar refractivity (Wildman–Crippen MR) is 119 cm³/mol. The summed E-state index contributed by atoms with van der Waals surface area (Å²) in [6.45, 7) is 5.59. The Morgan fingerprint density at radius 3 is 2.43 bits per heavy atom. The number of aliphatic imine (C=N–C) groups is 1. The van der Waals surface area contributed by atoms with Crippen molar-refractivity contribution in [2.24, 2.45) is 4.99 Å². The molecule has 1 heterocycles. The van der Waals surface area contributed by atoms with Crippen molar-refractivity contribution in [3.8, 4) is 17.2 Å². The van der Waals surface area contributed by atoms with Crippen molar-refractivity contribution in [3.05, 3.63) is 17.7 Å². The van der Waals surface area contributed by atoms with Gasteiger partial charge < -0.3 is 29.7 Å². The standard InChI is InChI=1S/C22H36N4O4/c1-5-23-22(24-11-9-13-26-12-8-6-7-10-21(26)27)25-16-18-19(29-3)14-17(28-2)15-20(18)30-4/h14-15H,5-13,16H2,1-4H3,(H2,23,24,25). The van der Waals surface area contributed by atoms with E-state index in [9.17, 15) is 4.79 Å². The van der Waals surface area contributed by atoms with E-state index in [-0.39, 0.29) is 5.91 Å². The van der Waals surface area contributed by atoms with Gasteiger partial charge in [-0.15, -0.1) is 0 Å². The second kappa shape index (κ2) is 12.8. The zero-order chi connectivity index (χ0) is 21.8. The average Bonchev–Trinajstić information content (AvgIpc) is 2.98. The van der Waals surface area contributed by atoms with Gasteiger partial charge in [-0.1, -0.05) is 6.42 Å². The lowest BCUT2D eigenvalue weighted by molar-refractivity contribution is -0.130. The highest BCUT2D eigenvalue weighted by atomic mass is 16.5. The molecular formula is C22H36N4O4. The molecule has 2 N–H and O–H groups in total. The van der Waals surface area contributed by atoms with Crippen molar-refractivity contribution in [2.75, 3.05) is 47.5 Å². The molecule has 0 radical (unpaired) electrons. The first-order chi connectivity index (χ1) is 14.6. The van der Waals surface area contributed by atoms with Gasteiger partial charge >= 0.3 is 0 Å². The predicted octanol–water partition coefficient (Wildman–Crippen LogP) is 2.56. The molecule has 8 heteroatoms. The lowest BCUT2D eigenvalue weighted by Gasteiger charge is -2.21. The number of guanidine groups is 1. The topological polar surface area (TPSA) is 84.4 Å². The number of likely N-dealkylation sites (tertiary alicyclic amines) is 1. The molecule has 0 spiro atoms. The molecule has 8 nitrogen and oxygen atoms in total. The maximum atomic E-state index is 12.1. The molecule has 1 aromatic rings. The average molecular weight is 421 g/mol. The third-order valence-electron chi connectivity index (χ3n) is 5.13. The molecule has 1 aliphatic heterocycles. The van der Waals surface area contributed by atoms with Gasteiger partial charge in [-0.2, -0.15) is 0 Å². The Bertz CT molecular complexity index is 683. The first-order valence-electron chi connectivity index (χ1n) is 10.7. The summed E-state index contributed by atoms with van der Waals surface area (Å²) in [6.07, 6.45) is 4.84. The molecule has 1 amide bonds. The SMILES string of the molecule is CCNC(=NCc1c(OC)cc(OC)cc1OC)NCCCN1CCCCCC1=O. The number of carbonyl (C=O) groups is 1. The van der Waals surface area contributed by atoms with E-state index in [1.54, 1.807) is 21.3 Å². The first kappa shape index (κ1) is 23.6. The number of rotatable bonds is 10. The van der Waals surface area contributed by atoms with Crippen LogP contribution in [0.3, 0.4) is 0 Å². The quantitative estimate of drug-likeness (QED) is 0.344. The molecule has 0 aliphatic carbocycles. The molecule has 0 saturated carbocycles. The lowest BCUT2D eigenvalue weighted by Crippen LogP contribution is -2.39. The van der Waals surface area contributed by atoms with Gasteiger partial charge in [-0.25, -0.2) is 4.99 Å². The van der Waals surface area contributed by atoms with Crippen LogP contribution in [0.2, 0.25) is 0 Å². The molecule has 1 aliphatic rings. The molecular weight excluding hydrogens is 384 g/mol. The Morgan fingerprint density at radius 2 is 1.80 bits per heavy atom. The van der Waals surface area contributed by atoms with Crippen LogP contribution >= 0.6 is 0 Å². The number of ether oxygens (including phenoxy) is 3. The Morgan fingerprint density at radius 1 is 1.07 bits per heavy atom. The van der Waals surface area contributed by atoms with Crippen LogP contribution in [-0.4, -0.2) is 64.3 Å². The molecule has 1 aromatic carbocycles. The number of methoxy groups -OCH3 is 3.